The summed E-state index contributed by atoms with van der Waals surface area (Å²) in [5, 5.41) is 1.23. The molecule has 19 heavy (non-hydrogen) atoms. The number of benzene rings is 2. The predicted octanol–water partition coefficient (Wildman–Crippen LogP) is 6.55. The lowest BCUT2D eigenvalue weighted by Gasteiger charge is -2.13. The van der Waals surface area contributed by atoms with Crippen molar-refractivity contribution in [3.05, 3.63) is 48.3 Å². The van der Waals surface area contributed by atoms with Crippen molar-refractivity contribution in [2.45, 2.75) is 0 Å². The van der Waals surface area contributed by atoms with Gasteiger partial charge in [0.05, 0.1) is 14.0 Å². The van der Waals surface area contributed by atoms with Gasteiger partial charge in [-0.25, -0.2) is 0 Å². The zero-order chi connectivity index (χ0) is 14.2. The monoisotopic (exact) mass is 443 g/mol. The highest BCUT2D eigenvalue weighted by Gasteiger charge is 2.16. The zero-order valence-corrected chi connectivity index (χ0v) is 14.6. The molecule has 2 aromatic rings. The lowest BCUT2D eigenvalue weighted by atomic mass is 10.3. The standard InChI is InChI=1S/C12H6Br2Cl3NO/c13-6-3-5(15)1-2-9(6)19-12-7(16)4-8(18)10(14)11(12)17/h1-4H,18H2. The SMILES string of the molecule is Nc1cc(Cl)c(Oc2ccc(Cl)cc2Br)c(Cl)c1Br. The molecule has 0 fully saturated rings. The summed E-state index contributed by atoms with van der Waals surface area (Å²) in [6, 6.07) is 6.70. The van der Waals surface area contributed by atoms with Gasteiger partial charge < -0.3 is 10.5 Å². The van der Waals surface area contributed by atoms with E-state index < -0.39 is 0 Å². The number of rotatable bonds is 2. The molecular formula is C12H6Br2Cl3NO. The Balaban J connectivity index is 2.47. The Labute approximate surface area is 142 Å². The summed E-state index contributed by atoms with van der Waals surface area (Å²) >= 11 is 24.7. The van der Waals surface area contributed by atoms with Crippen LogP contribution in [-0.2, 0) is 0 Å². The maximum absolute atomic E-state index is 6.16. The van der Waals surface area contributed by atoms with Gasteiger partial charge in [-0.3, -0.25) is 0 Å². The molecule has 0 aromatic heterocycles. The molecule has 0 spiro atoms. The molecule has 0 aliphatic carbocycles. The van der Waals surface area contributed by atoms with Crippen LogP contribution in [-0.4, -0.2) is 0 Å². The summed E-state index contributed by atoms with van der Waals surface area (Å²) < 4.78 is 6.94. The van der Waals surface area contributed by atoms with E-state index in [2.05, 4.69) is 31.9 Å². The fourth-order valence-electron chi connectivity index (χ4n) is 1.36. The highest BCUT2D eigenvalue weighted by molar-refractivity contribution is 9.11. The van der Waals surface area contributed by atoms with Gasteiger partial charge in [-0.15, -0.1) is 0 Å². The van der Waals surface area contributed by atoms with Gasteiger partial charge in [0.25, 0.3) is 0 Å². The van der Waals surface area contributed by atoms with Crippen molar-refractivity contribution in [1.29, 1.82) is 0 Å². The van der Waals surface area contributed by atoms with Crippen LogP contribution >= 0.6 is 66.7 Å². The van der Waals surface area contributed by atoms with Crippen molar-refractivity contribution in [2.24, 2.45) is 0 Å². The molecule has 2 N–H and O–H groups in total. The number of anilines is 1. The van der Waals surface area contributed by atoms with Crippen LogP contribution in [0.25, 0.3) is 0 Å². The van der Waals surface area contributed by atoms with Crippen molar-refractivity contribution in [2.75, 3.05) is 5.73 Å². The van der Waals surface area contributed by atoms with Crippen molar-refractivity contribution >= 4 is 72.4 Å². The molecule has 0 aliphatic rings. The second-order valence-corrected chi connectivity index (χ2v) is 6.45. The highest BCUT2D eigenvalue weighted by atomic mass is 79.9. The van der Waals surface area contributed by atoms with Crippen LogP contribution < -0.4 is 10.5 Å². The average Bonchev–Trinajstić information content (AvgIpc) is 2.34. The van der Waals surface area contributed by atoms with Crippen molar-refractivity contribution in [1.82, 2.24) is 0 Å². The van der Waals surface area contributed by atoms with E-state index in [1.165, 1.54) is 0 Å². The molecule has 0 bridgehead atoms. The van der Waals surface area contributed by atoms with Crippen LogP contribution in [0.3, 0.4) is 0 Å². The van der Waals surface area contributed by atoms with Crippen molar-refractivity contribution in [3.8, 4) is 11.5 Å². The van der Waals surface area contributed by atoms with Gasteiger partial charge in [0.2, 0.25) is 0 Å². The largest absolute Gasteiger partial charge is 0.453 e. The molecule has 7 heteroatoms. The van der Waals surface area contributed by atoms with Crippen molar-refractivity contribution in [3.63, 3.8) is 0 Å². The van der Waals surface area contributed by atoms with Crippen LogP contribution in [0.4, 0.5) is 5.69 Å². The van der Waals surface area contributed by atoms with E-state index in [4.69, 9.17) is 45.3 Å². The van der Waals surface area contributed by atoms with Gasteiger partial charge in [0.15, 0.2) is 5.75 Å². The second kappa shape index (κ2) is 6.10. The van der Waals surface area contributed by atoms with Crippen LogP contribution in [0.1, 0.15) is 0 Å². The fraction of sp³-hybridized carbons (Fsp3) is 0. The van der Waals surface area contributed by atoms with Gasteiger partial charge in [0, 0.05) is 10.7 Å². The smallest absolute Gasteiger partial charge is 0.165 e. The van der Waals surface area contributed by atoms with Crippen LogP contribution in [0.15, 0.2) is 33.2 Å². The maximum Gasteiger partial charge on any atom is 0.165 e. The van der Waals surface area contributed by atoms with Gasteiger partial charge in [-0.05, 0) is 56.1 Å². The molecular weight excluding hydrogens is 440 g/mol. The minimum Gasteiger partial charge on any atom is -0.453 e. The first-order chi connectivity index (χ1) is 8.90. The van der Waals surface area contributed by atoms with E-state index in [9.17, 15) is 0 Å². The molecule has 0 saturated carbocycles. The summed E-state index contributed by atoms with van der Waals surface area (Å²) in [4.78, 5) is 0. The normalized spacial score (nSPS) is 10.6. The molecule has 2 aromatic carbocycles. The predicted molar refractivity (Wildman–Crippen MR) is 87.8 cm³/mol. The highest BCUT2D eigenvalue weighted by Crippen LogP contribution is 2.45. The minimum atomic E-state index is 0.312. The van der Waals surface area contributed by atoms with E-state index in [0.717, 1.165) is 0 Å². The molecule has 100 valence electrons. The third-order valence-corrected chi connectivity index (χ3v) is 4.83. The Bertz CT molecular complexity index is 649. The van der Waals surface area contributed by atoms with Gasteiger partial charge >= 0.3 is 0 Å². The molecule has 0 heterocycles. The number of hydrogen-bond donors (Lipinski definition) is 1. The molecule has 0 aliphatic heterocycles. The first kappa shape index (κ1) is 15.3. The number of ether oxygens (including phenoxy) is 1. The fourth-order valence-corrected chi connectivity index (χ4v) is 2.96. The van der Waals surface area contributed by atoms with Gasteiger partial charge in [-0.2, -0.15) is 0 Å². The van der Waals surface area contributed by atoms with Crippen LogP contribution in [0.5, 0.6) is 11.5 Å². The number of halogens is 5. The summed E-state index contributed by atoms with van der Waals surface area (Å²) in [5.74, 6) is 0.873. The molecule has 0 amide bonds. The van der Waals surface area contributed by atoms with E-state index in [0.29, 0.717) is 41.2 Å². The second-order valence-electron chi connectivity index (χ2n) is 3.58. The minimum absolute atomic E-state index is 0.312. The summed E-state index contributed by atoms with van der Waals surface area (Å²) in [6.45, 7) is 0. The first-order valence-corrected chi connectivity index (χ1v) is 7.68. The van der Waals surface area contributed by atoms with E-state index in [1.54, 1.807) is 24.3 Å². The summed E-state index contributed by atoms with van der Waals surface area (Å²) in [6.07, 6.45) is 0. The van der Waals surface area contributed by atoms with E-state index in [1.807, 2.05) is 0 Å². The molecule has 0 saturated heterocycles. The molecule has 2 nitrogen and oxygen atoms in total. The Kier molecular flexibility index (Phi) is 4.90. The Morgan fingerprint density at radius 3 is 2.37 bits per heavy atom. The summed E-state index contributed by atoms with van der Waals surface area (Å²) in [5.41, 5.74) is 6.18. The van der Waals surface area contributed by atoms with Crippen LogP contribution in [0, 0.1) is 0 Å². The lowest BCUT2D eigenvalue weighted by Crippen LogP contribution is -1.93. The number of nitrogen functional groups attached to an aromatic ring is 1. The lowest BCUT2D eigenvalue weighted by molar-refractivity contribution is 0.480. The van der Waals surface area contributed by atoms with E-state index in [-0.39, 0.29) is 0 Å². The maximum atomic E-state index is 6.16. The topological polar surface area (TPSA) is 35.2 Å². The molecule has 0 radical (unpaired) electrons. The van der Waals surface area contributed by atoms with E-state index >= 15 is 0 Å². The molecule has 0 unspecified atom stereocenters. The van der Waals surface area contributed by atoms with Gasteiger partial charge in [-0.1, -0.05) is 34.8 Å². The molecule has 2 rings (SSSR count). The quantitative estimate of drug-likeness (QED) is 0.420. The first-order valence-electron chi connectivity index (χ1n) is 4.96. The van der Waals surface area contributed by atoms with Crippen molar-refractivity contribution < 1.29 is 4.74 Å². The third kappa shape index (κ3) is 3.31. The number of nitrogens with two attached hydrogens (primary N) is 1. The van der Waals surface area contributed by atoms with Crippen LogP contribution in [0.2, 0.25) is 15.1 Å². The summed E-state index contributed by atoms with van der Waals surface area (Å²) in [7, 11) is 0. The Morgan fingerprint density at radius 1 is 1.05 bits per heavy atom. The average molecular weight is 446 g/mol. The zero-order valence-electron chi connectivity index (χ0n) is 9.18. The Morgan fingerprint density at radius 2 is 1.74 bits per heavy atom. The molecule has 0 atom stereocenters. The Hall–Kier alpha value is -0.130. The third-order valence-electron chi connectivity index (χ3n) is 2.25. The van der Waals surface area contributed by atoms with Gasteiger partial charge in [0.1, 0.15) is 10.8 Å². The number of hydrogen-bond acceptors (Lipinski definition) is 2.